The fraction of sp³-hybridized carbons (Fsp3) is 0.133. The van der Waals surface area contributed by atoms with E-state index in [-0.39, 0.29) is 5.82 Å². The quantitative estimate of drug-likeness (QED) is 0.794. The van der Waals surface area contributed by atoms with Crippen molar-refractivity contribution in [3.05, 3.63) is 53.8 Å². The van der Waals surface area contributed by atoms with Crippen molar-refractivity contribution in [3.63, 3.8) is 0 Å². The Kier molecular flexibility index (Phi) is 3.80. The lowest BCUT2D eigenvalue weighted by Crippen LogP contribution is -2.03. The normalized spacial score (nSPS) is 10.1. The molecule has 0 fully saturated rings. The molecule has 0 aliphatic rings. The lowest BCUT2D eigenvalue weighted by Gasteiger charge is -2.10. The second-order valence-electron chi connectivity index (χ2n) is 3.91. The van der Waals surface area contributed by atoms with Crippen LogP contribution in [0.5, 0.6) is 5.75 Å². The zero-order valence-electron chi connectivity index (χ0n) is 10.6. The van der Waals surface area contributed by atoms with Crippen molar-refractivity contribution in [1.82, 2.24) is 0 Å². The summed E-state index contributed by atoms with van der Waals surface area (Å²) in [4.78, 5) is 11.7. The molecule has 0 amide bonds. The van der Waals surface area contributed by atoms with Crippen molar-refractivity contribution >= 4 is 5.97 Å². The molecule has 2 aromatic carbocycles. The minimum absolute atomic E-state index is 0.328. The second kappa shape index (κ2) is 5.52. The molecule has 0 aromatic heterocycles. The molecule has 4 heteroatoms. The van der Waals surface area contributed by atoms with Crippen LogP contribution in [0.15, 0.2) is 42.5 Å². The molecular weight excluding hydrogens is 247 g/mol. The SMILES string of the molecule is COC(=O)c1ccc(OC)cc1-c1ccc(F)cc1. The van der Waals surface area contributed by atoms with Crippen LogP contribution in [0.3, 0.4) is 0 Å². The van der Waals surface area contributed by atoms with Gasteiger partial charge in [-0.15, -0.1) is 0 Å². The van der Waals surface area contributed by atoms with Gasteiger partial charge in [-0.25, -0.2) is 9.18 Å². The number of methoxy groups -OCH3 is 2. The van der Waals surface area contributed by atoms with Gasteiger partial charge < -0.3 is 9.47 Å². The van der Waals surface area contributed by atoms with Gasteiger partial charge in [-0.1, -0.05) is 12.1 Å². The van der Waals surface area contributed by atoms with E-state index in [0.29, 0.717) is 16.9 Å². The van der Waals surface area contributed by atoms with Crippen LogP contribution in [0.4, 0.5) is 4.39 Å². The second-order valence-corrected chi connectivity index (χ2v) is 3.91. The number of carbonyl (C=O) groups excluding carboxylic acids is 1. The topological polar surface area (TPSA) is 35.5 Å². The van der Waals surface area contributed by atoms with Gasteiger partial charge in [0.05, 0.1) is 19.8 Å². The molecule has 0 saturated heterocycles. The van der Waals surface area contributed by atoms with E-state index in [2.05, 4.69) is 0 Å². The lowest BCUT2D eigenvalue weighted by molar-refractivity contribution is 0.0601. The van der Waals surface area contributed by atoms with E-state index in [4.69, 9.17) is 9.47 Å². The Balaban J connectivity index is 2.57. The fourth-order valence-electron chi connectivity index (χ4n) is 1.81. The van der Waals surface area contributed by atoms with Crippen molar-refractivity contribution in [1.29, 1.82) is 0 Å². The largest absolute Gasteiger partial charge is 0.497 e. The molecule has 0 aliphatic heterocycles. The molecule has 0 atom stereocenters. The Morgan fingerprint density at radius 3 is 2.32 bits per heavy atom. The Labute approximate surface area is 110 Å². The molecule has 2 rings (SSSR count). The first kappa shape index (κ1) is 13.1. The van der Waals surface area contributed by atoms with Gasteiger partial charge in [-0.05, 0) is 41.5 Å². The van der Waals surface area contributed by atoms with Gasteiger partial charge in [0, 0.05) is 0 Å². The molecule has 3 nitrogen and oxygen atoms in total. The fourth-order valence-corrected chi connectivity index (χ4v) is 1.81. The van der Waals surface area contributed by atoms with Crippen LogP contribution in [0.1, 0.15) is 10.4 Å². The standard InChI is InChI=1S/C15H13FO3/c1-18-12-7-8-13(15(17)19-2)14(9-12)10-3-5-11(16)6-4-10/h3-9H,1-2H3. The van der Waals surface area contributed by atoms with Crippen molar-refractivity contribution in [2.75, 3.05) is 14.2 Å². The third kappa shape index (κ3) is 2.73. The minimum Gasteiger partial charge on any atom is -0.497 e. The molecule has 19 heavy (non-hydrogen) atoms. The predicted molar refractivity (Wildman–Crippen MR) is 69.7 cm³/mol. The maximum Gasteiger partial charge on any atom is 0.338 e. The van der Waals surface area contributed by atoms with Gasteiger partial charge in [-0.2, -0.15) is 0 Å². The average Bonchev–Trinajstić information content (AvgIpc) is 2.46. The number of ether oxygens (including phenoxy) is 2. The highest BCUT2D eigenvalue weighted by molar-refractivity contribution is 5.97. The summed E-state index contributed by atoms with van der Waals surface area (Å²) in [5.41, 5.74) is 1.78. The highest BCUT2D eigenvalue weighted by Crippen LogP contribution is 2.28. The third-order valence-electron chi connectivity index (χ3n) is 2.79. The summed E-state index contributed by atoms with van der Waals surface area (Å²) in [5.74, 6) is -0.153. The van der Waals surface area contributed by atoms with Gasteiger partial charge in [0.1, 0.15) is 11.6 Å². The molecular formula is C15H13FO3. The Morgan fingerprint density at radius 2 is 1.74 bits per heavy atom. The number of esters is 1. The number of hydrogen-bond donors (Lipinski definition) is 0. The third-order valence-corrected chi connectivity index (χ3v) is 2.79. The van der Waals surface area contributed by atoms with Crippen LogP contribution >= 0.6 is 0 Å². The van der Waals surface area contributed by atoms with Crippen molar-refractivity contribution in [2.45, 2.75) is 0 Å². The van der Waals surface area contributed by atoms with Crippen LogP contribution in [0.25, 0.3) is 11.1 Å². The summed E-state index contributed by atoms with van der Waals surface area (Å²) in [5, 5.41) is 0. The molecule has 0 N–H and O–H groups in total. The van der Waals surface area contributed by atoms with E-state index < -0.39 is 5.97 Å². The van der Waals surface area contributed by atoms with Crippen molar-refractivity contribution < 1.29 is 18.7 Å². The molecule has 0 spiro atoms. The van der Waals surface area contributed by atoms with Crippen LogP contribution in [0.2, 0.25) is 0 Å². The number of carbonyl (C=O) groups is 1. The Hall–Kier alpha value is -2.36. The smallest absolute Gasteiger partial charge is 0.338 e. The van der Waals surface area contributed by atoms with Gasteiger partial charge >= 0.3 is 5.97 Å². The van der Waals surface area contributed by atoms with Crippen LogP contribution in [0, 0.1) is 5.82 Å². The first-order chi connectivity index (χ1) is 9.15. The number of benzene rings is 2. The first-order valence-corrected chi connectivity index (χ1v) is 5.68. The molecule has 0 saturated carbocycles. The van der Waals surface area contributed by atoms with E-state index in [1.165, 1.54) is 19.2 Å². The highest BCUT2D eigenvalue weighted by atomic mass is 19.1. The van der Waals surface area contributed by atoms with Crippen LogP contribution < -0.4 is 4.74 Å². The first-order valence-electron chi connectivity index (χ1n) is 5.68. The summed E-state index contributed by atoms with van der Waals surface area (Å²) in [6, 6.07) is 10.9. The summed E-state index contributed by atoms with van der Waals surface area (Å²) in [6.45, 7) is 0. The summed E-state index contributed by atoms with van der Waals surface area (Å²) in [6.07, 6.45) is 0. The summed E-state index contributed by atoms with van der Waals surface area (Å²) < 4.78 is 22.8. The average molecular weight is 260 g/mol. The van der Waals surface area contributed by atoms with Gasteiger partial charge in [0.15, 0.2) is 0 Å². The number of rotatable bonds is 3. The maximum absolute atomic E-state index is 13.0. The van der Waals surface area contributed by atoms with Crippen LogP contribution in [-0.2, 0) is 4.74 Å². The highest BCUT2D eigenvalue weighted by Gasteiger charge is 2.14. The predicted octanol–water partition coefficient (Wildman–Crippen LogP) is 3.29. The van der Waals surface area contributed by atoms with E-state index in [1.807, 2.05) is 0 Å². The molecule has 0 radical (unpaired) electrons. The van der Waals surface area contributed by atoms with E-state index in [9.17, 15) is 9.18 Å². The van der Waals surface area contributed by atoms with E-state index >= 15 is 0 Å². The van der Waals surface area contributed by atoms with Crippen molar-refractivity contribution in [2.24, 2.45) is 0 Å². The molecule has 2 aromatic rings. The summed E-state index contributed by atoms with van der Waals surface area (Å²) in [7, 11) is 2.86. The monoisotopic (exact) mass is 260 g/mol. The summed E-state index contributed by atoms with van der Waals surface area (Å²) >= 11 is 0. The molecule has 0 aliphatic carbocycles. The lowest BCUT2D eigenvalue weighted by atomic mass is 9.99. The zero-order chi connectivity index (χ0) is 13.8. The molecule has 0 unspecified atom stereocenters. The van der Waals surface area contributed by atoms with Gasteiger partial charge in [0.25, 0.3) is 0 Å². The Bertz CT molecular complexity index is 591. The zero-order valence-corrected chi connectivity index (χ0v) is 10.6. The van der Waals surface area contributed by atoms with E-state index in [1.54, 1.807) is 37.4 Å². The number of hydrogen-bond acceptors (Lipinski definition) is 3. The van der Waals surface area contributed by atoms with Gasteiger partial charge in [0.2, 0.25) is 0 Å². The molecule has 0 bridgehead atoms. The van der Waals surface area contributed by atoms with E-state index in [0.717, 1.165) is 5.56 Å². The van der Waals surface area contributed by atoms with Crippen LogP contribution in [-0.4, -0.2) is 20.2 Å². The molecule has 0 heterocycles. The van der Waals surface area contributed by atoms with Crippen molar-refractivity contribution in [3.8, 4) is 16.9 Å². The Morgan fingerprint density at radius 1 is 1.05 bits per heavy atom. The maximum atomic E-state index is 13.0. The minimum atomic E-state index is -0.443. The van der Waals surface area contributed by atoms with Gasteiger partial charge in [-0.3, -0.25) is 0 Å². The molecule has 98 valence electrons. The number of halogens is 1.